The van der Waals surface area contributed by atoms with Crippen molar-refractivity contribution in [3.63, 3.8) is 0 Å². The van der Waals surface area contributed by atoms with Crippen molar-refractivity contribution >= 4 is 0 Å². The Bertz CT molecular complexity index is 523. The maximum absolute atomic E-state index is 13.1. The molecule has 2 aromatic carbocycles. The second kappa shape index (κ2) is 6.45. The minimum absolute atomic E-state index is 0.101. The summed E-state index contributed by atoms with van der Waals surface area (Å²) in [5.74, 6) is 5.39. The second-order valence-electron chi connectivity index (χ2n) is 4.89. The summed E-state index contributed by atoms with van der Waals surface area (Å²) in [7, 11) is 0. The van der Waals surface area contributed by atoms with Crippen LogP contribution in [0.1, 0.15) is 16.7 Å². The third-order valence-corrected chi connectivity index (χ3v) is 3.21. The van der Waals surface area contributed by atoms with Gasteiger partial charge in [0.25, 0.3) is 0 Å². The summed E-state index contributed by atoms with van der Waals surface area (Å²) < 4.78 is 13.1. The van der Waals surface area contributed by atoms with Gasteiger partial charge in [-0.05, 0) is 43.0 Å². The summed E-state index contributed by atoms with van der Waals surface area (Å²) in [6, 6.07) is 15.1. The van der Waals surface area contributed by atoms with Gasteiger partial charge in [-0.2, -0.15) is 0 Å². The lowest BCUT2D eigenvalue weighted by atomic mass is 9.99. The number of nitrogens with two attached hydrogens (primary N) is 1. The molecule has 0 aromatic heterocycles. The zero-order valence-electron chi connectivity index (χ0n) is 11.1. The number of benzene rings is 2. The second-order valence-corrected chi connectivity index (χ2v) is 4.89. The van der Waals surface area contributed by atoms with Crippen molar-refractivity contribution in [2.45, 2.75) is 25.8 Å². The van der Waals surface area contributed by atoms with Gasteiger partial charge in [-0.1, -0.05) is 42.0 Å². The van der Waals surface area contributed by atoms with Crippen LogP contribution in [0, 0.1) is 12.7 Å². The van der Waals surface area contributed by atoms with Gasteiger partial charge >= 0.3 is 0 Å². The number of nitrogens with one attached hydrogen (secondary N) is 1. The lowest BCUT2D eigenvalue weighted by Crippen LogP contribution is -2.38. The van der Waals surface area contributed by atoms with E-state index in [-0.39, 0.29) is 11.9 Å². The number of hydrogen-bond donors (Lipinski definition) is 2. The molecule has 0 saturated heterocycles. The van der Waals surface area contributed by atoms with Crippen molar-refractivity contribution in [3.05, 3.63) is 71.0 Å². The molecule has 1 atom stereocenters. The Labute approximate surface area is 113 Å². The summed E-state index contributed by atoms with van der Waals surface area (Å²) in [5, 5.41) is 0. The van der Waals surface area contributed by atoms with Gasteiger partial charge in [0, 0.05) is 6.04 Å². The maximum atomic E-state index is 13.1. The highest BCUT2D eigenvalue weighted by atomic mass is 19.1. The Morgan fingerprint density at radius 3 is 2.37 bits per heavy atom. The quantitative estimate of drug-likeness (QED) is 0.639. The Morgan fingerprint density at radius 1 is 1.05 bits per heavy atom. The van der Waals surface area contributed by atoms with Crippen LogP contribution < -0.4 is 11.3 Å². The summed E-state index contributed by atoms with van der Waals surface area (Å²) in [6.45, 7) is 2.06. The van der Waals surface area contributed by atoms with E-state index in [1.54, 1.807) is 12.1 Å². The fourth-order valence-corrected chi connectivity index (χ4v) is 2.15. The molecule has 0 aliphatic heterocycles. The molecule has 0 spiro atoms. The lowest BCUT2D eigenvalue weighted by molar-refractivity contribution is 0.520. The molecular formula is C16H19FN2. The van der Waals surface area contributed by atoms with Gasteiger partial charge in [0.15, 0.2) is 0 Å². The van der Waals surface area contributed by atoms with Crippen molar-refractivity contribution in [2.24, 2.45) is 5.84 Å². The van der Waals surface area contributed by atoms with Crippen LogP contribution in [0.15, 0.2) is 48.5 Å². The molecular weight excluding hydrogens is 239 g/mol. The Hall–Kier alpha value is -1.71. The highest BCUT2D eigenvalue weighted by molar-refractivity contribution is 5.23. The fourth-order valence-electron chi connectivity index (χ4n) is 2.15. The van der Waals surface area contributed by atoms with Gasteiger partial charge < -0.3 is 0 Å². The van der Waals surface area contributed by atoms with Crippen LogP contribution in [0.3, 0.4) is 0 Å². The van der Waals surface area contributed by atoms with Crippen LogP contribution in [-0.4, -0.2) is 6.04 Å². The monoisotopic (exact) mass is 258 g/mol. The lowest BCUT2D eigenvalue weighted by Gasteiger charge is -2.16. The zero-order chi connectivity index (χ0) is 13.7. The van der Waals surface area contributed by atoms with Gasteiger partial charge in [-0.25, -0.2) is 4.39 Å². The predicted octanol–water partition coefficient (Wildman–Crippen LogP) is 2.75. The van der Waals surface area contributed by atoms with E-state index in [4.69, 9.17) is 5.84 Å². The molecule has 19 heavy (non-hydrogen) atoms. The van der Waals surface area contributed by atoms with Crippen molar-refractivity contribution in [2.75, 3.05) is 0 Å². The molecule has 0 heterocycles. The van der Waals surface area contributed by atoms with E-state index in [9.17, 15) is 4.39 Å². The third kappa shape index (κ3) is 4.16. The molecule has 2 aromatic rings. The van der Waals surface area contributed by atoms with E-state index in [1.807, 2.05) is 6.07 Å². The zero-order valence-corrected chi connectivity index (χ0v) is 11.1. The molecule has 0 aliphatic carbocycles. The van der Waals surface area contributed by atoms with E-state index in [2.05, 4.69) is 36.6 Å². The first-order chi connectivity index (χ1) is 9.17. The molecule has 2 rings (SSSR count). The molecule has 0 amide bonds. The van der Waals surface area contributed by atoms with Crippen LogP contribution in [-0.2, 0) is 12.8 Å². The molecule has 0 fully saturated rings. The fraction of sp³-hybridized carbons (Fsp3) is 0.250. The maximum Gasteiger partial charge on any atom is 0.123 e. The summed E-state index contributed by atoms with van der Waals surface area (Å²) >= 11 is 0. The smallest absolute Gasteiger partial charge is 0.123 e. The van der Waals surface area contributed by atoms with Crippen LogP contribution >= 0.6 is 0 Å². The minimum Gasteiger partial charge on any atom is -0.271 e. The van der Waals surface area contributed by atoms with Crippen LogP contribution in [0.4, 0.5) is 4.39 Å². The van der Waals surface area contributed by atoms with Crippen molar-refractivity contribution in [1.29, 1.82) is 0 Å². The van der Waals surface area contributed by atoms with E-state index in [0.717, 1.165) is 12.0 Å². The standard InChI is InChI=1S/C16H19FN2/c1-12-5-7-13(8-6-12)10-16(19-18)11-14-3-2-4-15(17)9-14/h2-9,16,19H,10-11,18H2,1H3. The first-order valence-electron chi connectivity index (χ1n) is 6.43. The normalized spacial score (nSPS) is 12.4. The molecule has 0 radical (unpaired) electrons. The largest absolute Gasteiger partial charge is 0.271 e. The Morgan fingerprint density at radius 2 is 1.74 bits per heavy atom. The van der Waals surface area contributed by atoms with Gasteiger partial charge in [-0.15, -0.1) is 0 Å². The van der Waals surface area contributed by atoms with Gasteiger partial charge in [0.05, 0.1) is 0 Å². The van der Waals surface area contributed by atoms with Gasteiger partial charge in [0.2, 0.25) is 0 Å². The van der Waals surface area contributed by atoms with E-state index < -0.39 is 0 Å². The van der Waals surface area contributed by atoms with E-state index >= 15 is 0 Å². The molecule has 2 nitrogen and oxygen atoms in total. The molecule has 3 heteroatoms. The highest BCUT2D eigenvalue weighted by Gasteiger charge is 2.09. The van der Waals surface area contributed by atoms with Crippen LogP contribution in [0.5, 0.6) is 0 Å². The molecule has 0 aliphatic rings. The minimum atomic E-state index is -0.205. The Kier molecular flexibility index (Phi) is 4.66. The summed E-state index contributed by atoms with van der Waals surface area (Å²) in [5.41, 5.74) is 6.23. The van der Waals surface area contributed by atoms with Crippen LogP contribution in [0.2, 0.25) is 0 Å². The molecule has 100 valence electrons. The number of halogens is 1. The number of hydrogen-bond acceptors (Lipinski definition) is 2. The number of rotatable bonds is 5. The van der Waals surface area contributed by atoms with E-state index in [1.165, 1.54) is 17.2 Å². The van der Waals surface area contributed by atoms with Gasteiger partial charge in [-0.3, -0.25) is 11.3 Å². The molecule has 3 N–H and O–H groups in total. The summed E-state index contributed by atoms with van der Waals surface area (Å²) in [4.78, 5) is 0. The third-order valence-electron chi connectivity index (χ3n) is 3.21. The molecule has 1 unspecified atom stereocenters. The van der Waals surface area contributed by atoms with Gasteiger partial charge in [0.1, 0.15) is 5.82 Å². The topological polar surface area (TPSA) is 38.0 Å². The highest BCUT2D eigenvalue weighted by Crippen LogP contribution is 2.11. The molecule has 0 saturated carbocycles. The summed E-state index contributed by atoms with van der Waals surface area (Å²) in [6.07, 6.45) is 1.54. The van der Waals surface area contributed by atoms with Crippen molar-refractivity contribution in [1.82, 2.24) is 5.43 Å². The van der Waals surface area contributed by atoms with Crippen molar-refractivity contribution in [3.8, 4) is 0 Å². The predicted molar refractivity (Wildman–Crippen MR) is 76.1 cm³/mol. The first-order valence-corrected chi connectivity index (χ1v) is 6.43. The number of hydrazine groups is 1. The molecule has 0 bridgehead atoms. The SMILES string of the molecule is Cc1ccc(CC(Cc2cccc(F)c2)NN)cc1. The number of aryl methyl sites for hydroxylation is 1. The van der Waals surface area contributed by atoms with E-state index in [0.29, 0.717) is 6.42 Å². The average molecular weight is 258 g/mol. The van der Waals surface area contributed by atoms with Crippen molar-refractivity contribution < 1.29 is 4.39 Å². The Balaban J connectivity index is 2.02. The first kappa shape index (κ1) is 13.7. The average Bonchev–Trinajstić information content (AvgIpc) is 2.40. The van der Waals surface area contributed by atoms with Crippen LogP contribution in [0.25, 0.3) is 0 Å².